The molecule has 2 aromatic carbocycles. The molecule has 38 heavy (non-hydrogen) atoms. The molecule has 9 heteroatoms. The van der Waals surface area contributed by atoms with Gasteiger partial charge in [-0.3, -0.25) is 20.0 Å². The number of ether oxygens (including phenoxy) is 1. The number of hydrogen-bond donors (Lipinski definition) is 4. The van der Waals surface area contributed by atoms with Crippen LogP contribution in [0.5, 0.6) is 0 Å². The zero-order valence-electron chi connectivity index (χ0n) is 21.6. The van der Waals surface area contributed by atoms with E-state index in [1.165, 1.54) is 0 Å². The average Bonchev–Trinajstić information content (AvgIpc) is 2.94. The molecule has 3 atom stereocenters. The number of morpholine rings is 1. The molecule has 0 radical (unpaired) electrons. The number of benzene rings is 2. The average molecular weight is 553 g/mol. The van der Waals surface area contributed by atoms with Crippen molar-refractivity contribution in [3.8, 4) is 0 Å². The highest BCUT2D eigenvalue weighted by Crippen LogP contribution is 2.23. The molecule has 0 spiro atoms. The minimum Gasteiger partial charge on any atom is -0.379 e. The molecule has 202 valence electrons. The summed E-state index contributed by atoms with van der Waals surface area (Å²) in [6.07, 6.45) is 4.01. The van der Waals surface area contributed by atoms with Crippen molar-refractivity contribution in [2.45, 2.75) is 24.5 Å². The van der Waals surface area contributed by atoms with Gasteiger partial charge in [0, 0.05) is 42.2 Å². The number of rotatable bonds is 9. The van der Waals surface area contributed by atoms with Crippen LogP contribution in [-0.2, 0) is 20.7 Å². The first kappa shape index (κ1) is 29.7. The van der Waals surface area contributed by atoms with Gasteiger partial charge in [-0.15, -0.1) is 0 Å². The fraction of sp³-hybridized carbons (Fsp3) is 0.345. The molecule has 1 aromatic heterocycles. The number of nitrogens with one attached hydrogen (secondary N) is 2. The molecule has 1 aliphatic heterocycles. The molecule has 0 saturated carbocycles. The number of aromatic nitrogens is 1. The molecule has 2 heterocycles. The number of carbonyl (C=O) groups excluding carboxylic acids is 2. The van der Waals surface area contributed by atoms with Crippen LogP contribution in [0.15, 0.2) is 85.2 Å². The third-order valence-electron chi connectivity index (χ3n) is 6.07. The van der Waals surface area contributed by atoms with Crippen molar-refractivity contribution in [1.82, 2.24) is 15.4 Å². The third-order valence-corrected chi connectivity index (χ3v) is 6.81. The molecule has 3 unspecified atom stereocenters. The van der Waals surface area contributed by atoms with Crippen molar-refractivity contribution in [1.29, 1.82) is 0 Å². The Labute approximate surface area is 236 Å². The second kappa shape index (κ2) is 16.2. The molecule has 0 aliphatic carbocycles. The number of hydrogen-bond acceptors (Lipinski definition) is 7. The monoisotopic (exact) mass is 552 g/mol. The predicted octanol–water partition coefficient (Wildman–Crippen LogP) is 4.26. The summed E-state index contributed by atoms with van der Waals surface area (Å²) in [5, 5.41) is 4.76. The Bertz CT molecular complexity index is 1100. The third kappa shape index (κ3) is 9.79. The van der Waals surface area contributed by atoms with E-state index in [1.54, 1.807) is 24.5 Å². The molecule has 1 saturated heterocycles. The highest BCUT2D eigenvalue weighted by Gasteiger charge is 2.26. The number of carbonyl (C=O) groups is 2. The smallest absolute Gasteiger partial charge is 0.242 e. The fourth-order valence-electron chi connectivity index (χ4n) is 4.03. The molecule has 1 aliphatic rings. The molecule has 3 aromatic rings. The Morgan fingerprint density at radius 2 is 1.55 bits per heavy atom. The van der Waals surface area contributed by atoms with E-state index in [9.17, 15) is 9.59 Å². The number of thiol groups is 2. The first-order valence-corrected chi connectivity index (χ1v) is 13.8. The number of amides is 2. The maximum atomic E-state index is 12.4. The predicted molar refractivity (Wildman–Crippen MR) is 159 cm³/mol. The zero-order chi connectivity index (χ0) is 27.2. The summed E-state index contributed by atoms with van der Waals surface area (Å²) < 4.78 is 5.27. The summed E-state index contributed by atoms with van der Waals surface area (Å²) in [6.45, 7) is 4.72. The van der Waals surface area contributed by atoms with Crippen molar-refractivity contribution >= 4 is 42.8 Å². The van der Waals surface area contributed by atoms with Gasteiger partial charge >= 0.3 is 0 Å². The van der Waals surface area contributed by atoms with Gasteiger partial charge in [0.15, 0.2) is 0 Å². The van der Waals surface area contributed by atoms with Crippen LogP contribution >= 0.6 is 25.3 Å². The van der Waals surface area contributed by atoms with Gasteiger partial charge in [0.1, 0.15) is 0 Å². The minimum atomic E-state index is -0.243. The summed E-state index contributed by atoms with van der Waals surface area (Å²) >= 11 is 8.74. The van der Waals surface area contributed by atoms with E-state index < -0.39 is 0 Å². The Morgan fingerprint density at radius 3 is 2.13 bits per heavy atom. The zero-order valence-corrected chi connectivity index (χ0v) is 23.4. The van der Waals surface area contributed by atoms with Crippen molar-refractivity contribution in [3.05, 3.63) is 96.3 Å². The second-order valence-electron chi connectivity index (χ2n) is 9.00. The molecule has 2 amide bonds. The summed E-state index contributed by atoms with van der Waals surface area (Å²) in [7, 11) is 0. The summed E-state index contributed by atoms with van der Waals surface area (Å²) in [6, 6.07) is 23.3. The van der Waals surface area contributed by atoms with Gasteiger partial charge in [-0.25, -0.2) is 5.01 Å². The first-order chi connectivity index (χ1) is 18.5. The standard InChI is InChI=1S/C15H16N2OS.C14H20N2O2S/c18-15(17-14-6-8-16-9-7-14)13(11-19)10-12-4-2-1-3-5-12;1-11(19)13(12-5-3-2-4-6-12)14(17)15-16-7-9-18-10-8-16/h1-9,13,19H,10-11H2,(H,16,17,18);2-6,11,13,19H,7-10H2,1H3,(H,15,17). The van der Waals surface area contributed by atoms with Gasteiger partial charge in [0.05, 0.1) is 25.0 Å². The first-order valence-electron chi connectivity index (χ1n) is 12.7. The highest BCUT2D eigenvalue weighted by molar-refractivity contribution is 7.81. The van der Waals surface area contributed by atoms with Crippen LogP contribution in [0.25, 0.3) is 0 Å². The molecule has 1 fully saturated rings. The van der Waals surface area contributed by atoms with E-state index in [0.29, 0.717) is 25.4 Å². The SMILES string of the molecule is CC(S)C(C(=O)NN1CCOCC1)c1ccccc1.O=C(Nc1ccncc1)C(CS)Cc1ccccc1. The van der Waals surface area contributed by atoms with Crippen molar-refractivity contribution in [2.75, 3.05) is 37.4 Å². The number of pyridine rings is 1. The van der Waals surface area contributed by atoms with Crippen LogP contribution in [-0.4, -0.2) is 59.1 Å². The summed E-state index contributed by atoms with van der Waals surface area (Å²) in [5.74, 6) is 0.123. The normalized spacial score (nSPS) is 15.8. The topological polar surface area (TPSA) is 83.6 Å². The lowest BCUT2D eigenvalue weighted by molar-refractivity contribution is -0.129. The van der Waals surface area contributed by atoms with Crippen molar-refractivity contribution in [2.24, 2.45) is 5.92 Å². The van der Waals surface area contributed by atoms with E-state index in [1.807, 2.05) is 72.6 Å². The Hall–Kier alpha value is -2.85. The lowest BCUT2D eigenvalue weighted by atomic mass is 9.95. The van der Waals surface area contributed by atoms with E-state index in [2.05, 4.69) is 41.0 Å². The van der Waals surface area contributed by atoms with Gasteiger partial charge in [-0.05, 0) is 29.7 Å². The van der Waals surface area contributed by atoms with Crippen molar-refractivity contribution in [3.63, 3.8) is 0 Å². The minimum absolute atomic E-state index is 0.00407. The van der Waals surface area contributed by atoms with E-state index in [-0.39, 0.29) is 28.9 Å². The van der Waals surface area contributed by atoms with E-state index in [4.69, 9.17) is 4.74 Å². The van der Waals surface area contributed by atoms with Gasteiger partial charge in [-0.2, -0.15) is 25.3 Å². The van der Waals surface area contributed by atoms with Crippen LogP contribution in [0.3, 0.4) is 0 Å². The van der Waals surface area contributed by atoms with E-state index in [0.717, 1.165) is 29.9 Å². The summed E-state index contributed by atoms with van der Waals surface area (Å²) in [4.78, 5) is 28.5. The molecular weight excluding hydrogens is 516 g/mol. The van der Waals surface area contributed by atoms with Crippen LogP contribution in [0, 0.1) is 5.92 Å². The summed E-state index contributed by atoms with van der Waals surface area (Å²) in [5.41, 5.74) is 5.87. The molecule has 2 N–H and O–H groups in total. The lowest BCUT2D eigenvalue weighted by Crippen LogP contribution is -2.50. The van der Waals surface area contributed by atoms with Gasteiger partial charge in [0.25, 0.3) is 0 Å². The van der Waals surface area contributed by atoms with Crippen LogP contribution in [0.4, 0.5) is 5.69 Å². The van der Waals surface area contributed by atoms with Crippen LogP contribution in [0.2, 0.25) is 0 Å². The Morgan fingerprint density at radius 1 is 0.947 bits per heavy atom. The Kier molecular flexibility index (Phi) is 12.7. The molecule has 4 rings (SSSR count). The maximum Gasteiger partial charge on any atom is 0.242 e. The Balaban J connectivity index is 0.000000211. The van der Waals surface area contributed by atoms with Crippen molar-refractivity contribution < 1.29 is 14.3 Å². The van der Waals surface area contributed by atoms with Gasteiger partial charge < -0.3 is 10.1 Å². The lowest BCUT2D eigenvalue weighted by Gasteiger charge is -2.29. The van der Waals surface area contributed by atoms with Gasteiger partial charge in [-0.1, -0.05) is 67.6 Å². The van der Waals surface area contributed by atoms with Crippen LogP contribution in [0.1, 0.15) is 24.0 Å². The fourth-order valence-corrected chi connectivity index (χ4v) is 4.63. The van der Waals surface area contributed by atoms with E-state index >= 15 is 0 Å². The van der Waals surface area contributed by atoms with Crippen LogP contribution < -0.4 is 10.7 Å². The maximum absolute atomic E-state index is 12.4. The van der Waals surface area contributed by atoms with Gasteiger partial charge in [0.2, 0.25) is 11.8 Å². The number of hydrazine groups is 1. The number of anilines is 1. The largest absolute Gasteiger partial charge is 0.379 e. The second-order valence-corrected chi connectivity index (χ2v) is 10.2. The number of nitrogens with zero attached hydrogens (tertiary/aromatic N) is 2. The molecule has 7 nitrogen and oxygen atoms in total. The highest BCUT2D eigenvalue weighted by atomic mass is 32.1. The quantitative estimate of drug-likeness (QED) is 0.298. The molecular formula is C29H36N4O3S2. The molecule has 0 bridgehead atoms.